The Morgan fingerprint density at radius 2 is 2.04 bits per heavy atom. The molecule has 1 saturated heterocycles. The maximum Gasteiger partial charge on any atom is 0.253 e. The number of halogens is 1. The summed E-state index contributed by atoms with van der Waals surface area (Å²) in [7, 11) is 1.65. The summed E-state index contributed by atoms with van der Waals surface area (Å²) in [4.78, 5) is 14.5. The summed E-state index contributed by atoms with van der Waals surface area (Å²) in [6.45, 7) is 1.90. The Morgan fingerprint density at radius 1 is 1.24 bits per heavy atom. The van der Waals surface area contributed by atoms with Gasteiger partial charge in [-0.2, -0.15) is 0 Å². The molecule has 0 aromatic heterocycles. The molecule has 25 heavy (non-hydrogen) atoms. The van der Waals surface area contributed by atoms with Crippen molar-refractivity contribution in [3.63, 3.8) is 0 Å². The van der Waals surface area contributed by atoms with Crippen LogP contribution in [0.2, 0.25) is 5.02 Å². The van der Waals surface area contributed by atoms with Crippen molar-refractivity contribution < 1.29 is 14.3 Å². The average Bonchev–Trinajstić information content (AvgIpc) is 2.67. The van der Waals surface area contributed by atoms with E-state index < -0.39 is 0 Å². The highest BCUT2D eigenvalue weighted by molar-refractivity contribution is 6.30. The Morgan fingerprint density at radius 3 is 2.80 bits per heavy atom. The molecule has 0 N–H and O–H groups in total. The molecule has 0 bridgehead atoms. The Labute approximate surface area is 153 Å². The largest absolute Gasteiger partial charge is 0.497 e. The molecular formula is C20H22ClNO3. The molecule has 4 nitrogen and oxygen atoms in total. The fourth-order valence-corrected chi connectivity index (χ4v) is 3.14. The minimum absolute atomic E-state index is 0.0337. The van der Waals surface area contributed by atoms with Gasteiger partial charge in [0.15, 0.2) is 0 Å². The number of ether oxygens (including phenoxy) is 2. The van der Waals surface area contributed by atoms with Crippen LogP contribution in [0.5, 0.6) is 5.75 Å². The first-order valence-corrected chi connectivity index (χ1v) is 8.83. The van der Waals surface area contributed by atoms with Gasteiger partial charge in [-0.15, -0.1) is 0 Å². The van der Waals surface area contributed by atoms with Crippen molar-refractivity contribution in [2.45, 2.75) is 25.6 Å². The van der Waals surface area contributed by atoms with Crippen molar-refractivity contribution >= 4 is 17.5 Å². The van der Waals surface area contributed by atoms with Crippen LogP contribution in [-0.2, 0) is 11.3 Å². The average molecular weight is 360 g/mol. The monoisotopic (exact) mass is 359 g/mol. The van der Waals surface area contributed by atoms with Crippen LogP contribution >= 0.6 is 11.6 Å². The number of carbonyl (C=O) groups is 1. The zero-order chi connectivity index (χ0) is 17.6. The zero-order valence-electron chi connectivity index (χ0n) is 14.3. The third-order valence-corrected chi connectivity index (χ3v) is 4.63. The highest BCUT2D eigenvalue weighted by atomic mass is 35.5. The summed E-state index contributed by atoms with van der Waals surface area (Å²) in [5, 5.41) is 0.634. The zero-order valence-corrected chi connectivity index (χ0v) is 15.0. The smallest absolute Gasteiger partial charge is 0.253 e. The number of hydrogen-bond acceptors (Lipinski definition) is 3. The first-order valence-electron chi connectivity index (χ1n) is 8.45. The van der Waals surface area contributed by atoms with Gasteiger partial charge in [0, 0.05) is 23.7 Å². The lowest BCUT2D eigenvalue weighted by molar-refractivity contribution is -0.00676. The van der Waals surface area contributed by atoms with Crippen molar-refractivity contribution in [1.82, 2.24) is 4.90 Å². The van der Waals surface area contributed by atoms with E-state index in [-0.39, 0.29) is 12.0 Å². The number of rotatable bonds is 5. The quantitative estimate of drug-likeness (QED) is 0.804. The second-order valence-corrected chi connectivity index (χ2v) is 6.62. The van der Waals surface area contributed by atoms with Crippen molar-refractivity contribution in [2.24, 2.45) is 0 Å². The van der Waals surface area contributed by atoms with E-state index in [9.17, 15) is 4.79 Å². The Kier molecular flexibility index (Phi) is 5.95. The normalized spacial score (nSPS) is 17.4. The fourth-order valence-electron chi connectivity index (χ4n) is 3.01. The lowest BCUT2D eigenvalue weighted by Gasteiger charge is -2.32. The van der Waals surface area contributed by atoms with Crippen LogP contribution in [0.4, 0.5) is 0 Å². The molecule has 1 fully saturated rings. The molecule has 0 radical (unpaired) electrons. The van der Waals surface area contributed by atoms with Crippen molar-refractivity contribution in [3.8, 4) is 5.75 Å². The number of benzene rings is 2. The molecule has 3 rings (SSSR count). The van der Waals surface area contributed by atoms with Crippen LogP contribution in [0.25, 0.3) is 0 Å². The van der Waals surface area contributed by atoms with Gasteiger partial charge >= 0.3 is 0 Å². The first kappa shape index (κ1) is 17.8. The summed E-state index contributed by atoms with van der Waals surface area (Å²) in [6, 6.07) is 14.9. The molecule has 1 atom stereocenters. The van der Waals surface area contributed by atoms with Crippen LogP contribution in [0.3, 0.4) is 0 Å². The van der Waals surface area contributed by atoms with Gasteiger partial charge in [-0.05, 0) is 54.8 Å². The molecule has 1 unspecified atom stereocenters. The number of amides is 1. The molecule has 0 spiro atoms. The molecule has 1 heterocycles. The van der Waals surface area contributed by atoms with Crippen molar-refractivity contribution in [2.75, 3.05) is 20.2 Å². The molecule has 2 aromatic carbocycles. The van der Waals surface area contributed by atoms with Gasteiger partial charge in [-0.3, -0.25) is 4.79 Å². The third kappa shape index (κ3) is 4.74. The van der Waals surface area contributed by atoms with E-state index >= 15 is 0 Å². The maximum absolute atomic E-state index is 12.6. The highest BCUT2D eigenvalue weighted by Gasteiger charge is 2.25. The molecule has 0 aliphatic carbocycles. The third-order valence-electron chi connectivity index (χ3n) is 4.38. The van der Waals surface area contributed by atoms with Crippen LogP contribution < -0.4 is 4.74 Å². The second kappa shape index (κ2) is 8.37. The predicted molar refractivity (Wildman–Crippen MR) is 98.2 cm³/mol. The van der Waals surface area contributed by atoms with Gasteiger partial charge < -0.3 is 14.4 Å². The summed E-state index contributed by atoms with van der Waals surface area (Å²) in [5.41, 5.74) is 1.73. The van der Waals surface area contributed by atoms with Gasteiger partial charge in [0.25, 0.3) is 5.91 Å². The minimum atomic E-state index is 0.0337. The number of hydrogen-bond donors (Lipinski definition) is 0. The van der Waals surface area contributed by atoms with E-state index in [0.29, 0.717) is 23.7 Å². The molecule has 2 aromatic rings. The van der Waals surface area contributed by atoms with Gasteiger partial charge in [0.2, 0.25) is 0 Å². The van der Waals surface area contributed by atoms with Gasteiger partial charge in [-0.25, -0.2) is 0 Å². The van der Waals surface area contributed by atoms with Gasteiger partial charge in [0.05, 0.1) is 19.8 Å². The molecular weight excluding hydrogens is 338 g/mol. The number of carbonyl (C=O) groups excluding carboxylic acids is 1. The number of nitrogens with zero attached hydrogens (tertiary/aromatic N) is 1. The Hall–Kier alpha value is -2.04. The van der Waals surface area contributed by atoms with Crippen LogP contribution in [0.1, 0.15) is 28.8 Å². The Bertz CT molecular complexity index is 717. The number of likely N-dealkylation sites (tertiary alicyclic amines) is 1. The van der Waals surface area contributed by atoms with Gasteiger partial charge in [-0.1, -0.05) is 23.7 Å². The number of methoxy groups -OCH3 is 1. The molecule has 132 valence electrons. The first-order chi connectivity index (χ1) is 12.2. The van der Waals surface area contributed by atoms with E-state index in [0.717, 1.165) is 30.7 Å². The summed E-state index contributed by atoms with van der Waals surface area (Å²) < 4.78 is 11.3. The highest BCUT2D eigenvalue weighted by Crippen LogP contribution is 2.20. The van der Waals surface area contributed by atoms with Crippen LogP contribution in [-0.4, -0.2) is 37.1 Å². The maximum atomic E-state index is 12.6. The van der Waals surface area contributed by atoms with Crippen molar-refractivity contribution in [3.05, 3.63) is 64.7 Å². The van der Waals surface area contributed by atoms with Crippen LogP contribution in [0.15, 0.2) is 48.5 Å². The lowest BCUT2D eigenvalue weighted by Crippen LogP contribution is -2.43. The van der Waals surface area contributed by atoms with E-state index in [1.807, 2.05) is 29.2 Å². The van der Waals surface area contributed by atoms with E-state index in [4.69, 9.17) is 21.1 Å². The lowest BCUT2D eigenvalue weighted by atomic mass is 10.1. The molecule has 1 aliphatic heterocycles. The fraction of sp³-hybridized carbons (Fsp3) is 0.350. The SMILES string of the molecule is COc1cccc(COC2CCCN(C(=O)c3ccc(Cl)cc3)C2)c1. The predicted octanol–water partition coefficient (Wildman–Crippen LogP) is 4.17. The molecule has 5 heteroatoms. The minimum Gasteiger partial charge on any atom is -0.497 e. The summed E-state index contributed by atoms with van der Waals surface area (Å²) in [5.74, 6) is 0.857. The standard InChI is InChI=1S/C20H22ClNO3/c1-24-18-5-2-4-15(12-18)14-25-19-6-3-11-22(13-19)20(23)16-7-9-17(21)10-8-16/h2,4-5,7-10,12,19H,3,6,11,13-14H2,1H3. The number of piperidine rings is 1. The topological polar surface area (TPSA) is 38.8 Å². The van der Waals surface area contributed by atoms with E-state index in [1.54, 1.807) is 31.4 Å². The Balaban J connectivity index is 1.57. The van der Waals surface area contributed by atoms with Gasteiger partial charge in [0.1, 0.15) is 5.75 Å². The van der Waals surface area contributed by atoms with Crippen molar-refractivity contribution in [1.29, 1.82) is 0 Å². The molecule has 1 aliphatic rings. The van der Waals surface area contributed by atoms with Crippen LogP contribution in [0, 0.1) is 0 Å². The molecule has 0 saturated carbocycles. The second-order valence-electron chi connectivity index (χ2n) is 6.18. The van der Waals surface area contributed by atoms with E-state index in [1.165, 1.54) is 0 Å². The van der Waals surface area contributed by atoms with E-state index in [2.05, 4.69) is 0 Å². The summed E-state index contributed by atoms with van der Waals surface area (Å²) >= 11 is 5.89. The summed E-state index contributed by atoms with van der Waals surface area (Å²) in [6.07, 6.45) is 1.97. The molecule has 1 amide bonds.